The first kappa shape index (κ1) is 15.1. The molecule has 0 aliphatic heterocycles. The number of carbonyl (C=O) groups excluding carboxylic acids is 1. The highest BCUT2D eigenvalue weighted by molar-refractivity contribution is 5.99. The summed E-state index contributed by atoms with van der Waals surface area (Å²) in [5.41, 5.74) is 11.2. The number of aliphatic hydroxyl groups is 1. The molecule has 1 amide bonds. The van der Waals surface area contributed by atoms with Crippen LogP contribution in [0.2, 0.25) is 0 Å². The lowest BCUT2D eigenvalue weighted by Gasteiger charge is -2.23. The van der Waals surface area contributed by atoms with E-state index in [2.05, 4.69) is 0 Å². The molecule has 0 heterocycles. The SMILES string of the molecule is Nc1ccc(C(=O)N(CCO)CC(F)(F)F)c(N)c1. The Morgan fingerprint density at radius 1 is 1.32 bits per heavy atom. The Balaban J connectivity index is 2.99. The summed E-state index contributed by atoms with van der Waals surface area (Å²) in [5, 5.41) is 8.73. The van der Waals surface area contributed by atoms with E-state index in [9.17, 15) is 18.0 Å². The molecule has 0 aliphatic carbocycles. The van der Waals surface area contributed by atoms with Gasteiger partial charge in [-0.25, -0.2) is 0 Å². The van der Waals surface area contributed by atoms with E-state index in [0.717, 1.165) is 0 Å². The first-order chi connectivity index (χ1) is 8.74. The van der Waals surface area contributed by atoms with Crippen molar-refractivity contribution in [2.45, 2.75) is 6.18 Å². The van der Waals surface area contributed by atoms with Crippen LogP contribution in [0.5, 0.6) is 0 Å². The van der Waals surface area contributed by atoms with Crippen LogP contribution in [0.4, 0.5) is 24.5 Å². The van der Waals surface area contributed by atoms with E-state index >= 15 is 0 Å². The molecule has 0 saturated heterocycles. The van der Waals surface area contributed by atoms with Gasteiger partial charge in [0, 0.05) is 17.9 Å². The minimum atomic E-state index is -4.55. The van der Waals surface area contributed by atoms with Crippen LogP contribution in [-0.2, 0) is 0 Å². The van der Waals surface area contributed by atoms with Gasteiger partial charge < -0.3 is 21.5 Å². The molecule has 0 spiro atoms. The highest BCUT2D eigenvalue weighted by Crippen LogP contribution is 2.21. The fourth-order valence-corrected chi connectivity index (χ4v) is 1.54. The van der Waals surface area contributed by atoms with Gasteiger partial charge in [-0.2, -0.15) is 13.2 Å². The zero-order valence-corrected chi connectivity index (χ0v) is 9.94. The summed E-state index contributed by atoms with van der Waals surface area (Å²) in [4.78, 5) is 12.4. The second-order valence-electron chi connectivity index (χ2n) is 3.91. The molecule has 5 nitrogen and oxygen atoms in total. The molecule has 0 atom stereocenters. The van der Waals surface area contributed by atoms with Crippen LogP contribution in [-0.4, -0.2) is 41.8 Å². The maximum Gasteiger partial charge on any atom is 0.406 e. The van der Waals surface area contributed by atoms with Gasteiger partial charge in [0.05, 0.1) is 12.2 Å². The monoisotopic (exact) mass is 277 g/mol. The topological polar surface area (TPSA) is 92.6 Å². The summed E-state index contributed by atoms with van der Waals surface area (Å²) < 4.78 is 37.0. The predicted octanol–water partition coefficient (Wildman–Crippen LogP) is 0.848. The third-order valence-electron chi connectivity index (χ3n) is 2.33. The number of carbonyl (C=O) groups is 1. The number of hydrogen-bond donors (Lipinski definition) is 3. The Morgan fingerprint density at radius 2 is 1.95 bits per heavy atom. The van der Waals surface area contributed by atoms with E-state index in [-0.39, 0.29) is 11.3 Å². The standard InChI is InChI=1S/C11H14F3N3O2/c12-11(13,14)6-17(3-4-18)10(19)8-2-1-7(15)5-9(8)16/h1-2,5,18H,3-4,6,15-16H2. The zero-order chi connectivity index (χ0) is 14.6. The molecule has 19 heavy (non-hydrogen) atoms. The quantitative estimate of drug-likeness (QED) is 0.711. The summed E-state index contributed by atoms with van der Waals surface area (Å²) in [7, 11) is 0. The second-order valence-corrected chi connectivity index (χ2v) is 3.91. The molecule has 1 aromatic rings. The van der Waals surface area contributed by atoms with Gasteiger partial charge in [-0.05, 0) is 18.2 Å². The van der Waals surface area contributed by atoms with E-state index in [1.165, 1.54) is 18.2 Å². The van der Waals surface area contributed by atoms with Gasteiger partial charge in [0.15, 0.2) is 0 Å². The average Bonchev–Trinajstić information content (AvgIpc) is 2.26. The van der Waals surface area contributed by atoms with Crippen LogP contribution in [0.15, 0.2) is 18.2 Å². The first-order valence-corrected chi connectivity index (χ1v) is 5.36. The minimum Gasteiger partial charge on any atom is -0.399 e. The summed E-state index contributed by atoms with van der Waals surface area (Å²) in [5.74, 6) is -0.899. The smallest absolute Gasteiger partial charge is 0.399 e. The number of halogens is 3. The maximum absolute atomic E-state index is 12.3. The fourth-order valence-electron chi connectivity index (χ4n) is 1.54. The van der Waals surface area contributed by atoms with Gasteiger partial charge in [-0.3, -0.25) is 4.79 Å². The number of rotatable bonds is 4. The molecular weight excluding hydrogens is 263 g/mol. The van der Waals surface area contributed by atoms with Crippen molar-refractivity contribution in [1.82, 2.24) is 4.90 Å². The largest absolute Gasteiger partial charge is 0.406 e. The number of aliphatic hydroxyl groups excluding tert-OH is 1. The van der Waals surface area contributed by atoms with Crippen LogP contribution in [0.25, 0.3) is 0 Å². The van der Waals surface area contributed by atoms with Gasteiger partial charge in [0.25, 0.3) is 5.91 Å². The average molecular weight is 277 g/mol. The molecule has 5 N–H and O–H groups in total. The third kappa shape index (κ3) is 4.32. The van der Waals surface area contributed by atoms with Crippen molar-refractivity contribution in [1.29, 1.82) is 0 Å². The lowest BCUT2D eigenvalue weighted by Crippen LogP contribution is -2.40. The molecule has 0 unspecified atom stereocenters. The predicted molar refractivity (Wildman–Crippen MR) is 64.3 cm³/mol. The van der Waals surface area contributed by atoms with Crippen molar-refractivity contribution in [3.8, 4) is 0 Å². The number of nitrogens with zero attached hydrogens (tertiary/aromatic N) is 1. The molecule has 8 heteroatoms. The normalized spacial score (nSPS) is 11.4. The van der Waals surface area contributed by atoms with Crippen molar-refractivity contribution >= 4 is 17.3 Å². The maximum atomic E-state index is 12.3. The van der Waals surface area contributed by atoms with Crippen LogP contribution < -0.4 is 11.5 Å². The number of nitrogen functional groups attached to an aromatic ring is 2. The van der Waals surface area contributed by atoms with E-state index < -0.39 is 31.8 Å². The number of amides is 1. The van der Waals surface area contributed by atoms with E-state index in [0.29, 0.717) is 10.6 Å². The van der Waals surface area contributed by atoms with Gasteiger partial charge in [-0.15, -0.1) is 0 Å². The Hall–Kier alpha value is -1.96. The van der Waals surface area contributed by atoms with Crippen LogP contribution >= 0.6 is 0 Å². The summed E-state index contributed by atoms with van der Waals surface area (Å²) in [6, 6.07) is 3.92. The van der Waals surface area contributed by atoms with Gasteiger partial charge >= 0.3 is 6.18 Å². The van der Waals surface area contributed by atoms with Crippen LogP contribution in [0.1, 0.15) is 10.4 Å². The Morgan fingerprint density at radius 3 is 2.42 bits per heavy atom. The number of nitrogens with two attached hydrogens (primary N) is 2. The molecule has 106 valence electrons. The van der Waals surface area contributed by atoms with Crippen molar-refractivity contribution in [3.05, 3.63) is 23.8 Å². The summed E-state index contributed by atoms with van der Waals surface area (Å²) in [6.07, 6.45) is -4.55. The van der Waals surface area contributed by atoms with Crippen molar-refractivity contribution in [2.24, 2.45) is 0 Å². The van der Waals surface area contributed by atoms with Gasteiger partial charge in [0.2, 0.25) is 0 Å². The number of anilines is 2. The number of hydrogen-bond acceptors (Lipinski definition) is 4. The van der Waals surface area contributed by atoms with E-state index in [1.807, 2.05) is 0 Å². The molecular formula is C11H14F3N3O2. The van der Waals surface area contributed by atoms with Gasteiger partial charge in [-0.1, -0.05) is 0 Å². The van der Waals surface area contributed by atoms with Crippen LogP contribution in [0.3, 0.4) is 0 Å². The molecule has 1 aromatic carbocycles. The van der Waals surface area contributed by atoms with E-state index in [1.54, 1.807) is 0 Å². The lowest BCUT2D eigenvalue weighted by atomic mass is 10.1. The Kier molecular flexibility index (Phi) is 4.60. The fraction of sp³-hybridized carbons (Fsp3) is 0.364. The Bertz CT molecular complexity index is 463. The van der Waals surface area contributed by atoms with Crippen molar-refractivity contribution < 1.29 is 23.1 Å². The first-order valence-electron chi connectivity index (χ1n) is 5.36. The van der Waals surface area contributed by atoms with Gasteiger partial charge in [0.1, 0.15) is 6.54 Å². The van der Waals surface area contributed by atoms with Crippen LogP contribution in [0, 0.1) is 0 Å². The molecule has 0 bridgehead atoms. The molecule has 0 aliphatic rings. The number of alkyl halides is 3. The Labute approximate surface area is 107 Å². The molecule has 1 rings (SSSR count). The highest BCUT2D eigenvalue weighted by atomic mass is 19.4. The molecule has 0 fully saturated rings. The summed E-state index contributed by atoms with van der Waals surface area (Å²) in [6.45, 7) is -2.45. The lowest BCUT2D eigenvalue weighted by molar-refractivity contribution is -0.141. The third-order valence-corrected chi connectivity index (χ3v) is 2.33. The zero-order valence-electron chi connectivity index (χ0n) is 9.94. The molecule has 0 aromatic heterocycles. The molecule has 0 radical (unpaired) electrons. The highest BCUT2D eigenvalue weighted by Gasteiger charge is 2.33. The van der Waals surface area contributed by atoms with Crippen molar-refractivity contribution in [3.63, 3.8) is 0 Å². The molecule has 0 saturated carbocycles. The minimum absolute atomic E-state index is 0.00452. The summed E-state index contributed by atoms with van der Waals surface area (Å²) >= 11 is 0. The number of benzene rings is 1. The van der Waals surface area contributed by atoms with Crippen molar-refractivity contribution in [2.75, 3.05) is 31.2 Å². The van der Waals surface area contributed by atoms with E-state index in [4.69, 9.17) is 16.6 Å². The second kappa shape index (κ2) is 5.79.